The van der Waals surface area contributed by atoms with Gasteiger partial charge < -0.3 is 14.2 Å². The lowest BCUT2D eigenvalue weighted by molar-refractivity contribution is 0.289. The monoisotopic (exact) mass is 339 g/mol. The van der Waals surface area contributed by atoms with Crippen LogP contribution in [0.2, 0.25) is 0 Å². The van der Waals surface area contributed by atoms with Crippen LogP contribution in [0.5, 0.6) is 17.2 Å². The molecule has 0 saturated heterocycles. The van der Waals surface area contributed by atoms with Crippen LogP contribution in [0.4, 0.5) is 0 Å². The van der Waals surface area contributed by atoms with Gasteiger partial charge in [-0.2, -0.15) is 0 Å². The Balaban J connectivity index is 1.71. The molecule has 2 aromatic rings. The predicted octanol–water partition coefficient (Wildman–Crippen LogP) is 4.00. The molecule has 0 saturated carbocycles. The van der Waals surface area contributed by atoms with E-state index >= 15 is 0 Å². The number of ether oxygens (including phenoxy) is 3. The number of rotatable bonds is 6. The largest absolute Gasteiger partial charge is 0.497 e. The first-order valence-corrected chi connectivity index (χ1v) is 8.50. The minimum absolute atomic E-state index is 0.818. The van der Waals surface area contributed by atoms with Gasteiger partial charge in [0.1, 0.15) is 17.2 Å². The van der Waals surface area contributed by atoms with Gasteiger partial charge >= 0.3 is 0 Å². The molecular formula is C21H25NO3. The first-order chi connectivity index (χ1) is 12.2. The predicted molar refractivity (Wildman–Crippen MR) is 100 cm³/mol. The van der Waals surface area contributed by atoms with Crippen LogP contribution >= 0.6 is 0 Å². The van der Waals surface area contributed by atoms with E-state index in [1.165, 1.54) is 16.7 Å². The van der Waals surface area contributed by atoms with Gasteiger partial charge in [-0.15, -0.1) is 0 Å². The van der Waals surface area contributed by atoms with Crippen LogP contribution in [0.15, 0.2) is 48.5 Å². The lowest BCUT2D eigenvalue weighted by Crippen LogP contribution is -2.29. The average Bonchev–Trinajstić information content (AvgIpc) is 2.68. The molecule has 1 heterocycles. The summed E-state index contributed by atoms with van der Waals surface area (Å²) in [6.07, 6.45) is 3.39. The van der Waals surface area contributed by atoms with Crippen molar-refractivity contribution >= 4 is 5.57 Å². The minimum Gasteiger partial charge on any atom is -0.497 e. The summed E-state index contributed by atoms with van der Waals surface area (Å²) in [5.41, 5.74) is 3.80. The third kappa shape index (κ3) is 4.15. The number of benzene rings is 2. The summed E-state index contributed by atoms with van der Waals surface area (Å²) in [6.45, 7) is 2.84. The molecule has 132 valence electrons. The maximum absolute atomic E-state index is 5.53. The number of methoxy groups -OCH3 is 3. The first kappa shape index (κ1) is 17.4. The van der Waals surface area contributed by atoms with E-state index in [0.29, 0.717) is 0 Å². The molecule has 0 radical (unpaired) electrons. The summed E-state index contributed by atoms with van der Waals surface area (Å²) in [4.78, 5) is 2.45. The highest BCUT2D eigenvalue weighted by molar-refractivity contribution is 5.68. The van der Waals surface area contributed by atoms with Crippen LogP contribution in [0.1, 0.15) is 17.5 Å². The first-order valence-electron chi connectivity index (χ1n) is 8.50. The summed E-state index contributed by atoms with van der Waals surface area (Å²) in [5.74, 6) is 2.58. The summed E-state index contributed by atoms with van der Waals surface area (Å²) < 4.78 is 16.1. The van der Waals surface area contributed by atoms with Gasteiger partial charge in [0.15, 0.2) is 0 Å². The average molecular weight is 339 g/mol. The molecule has 0 unspecified atom stereocenters. The Morgan fingerprint density at radius 1 is 0.880 bits per heavy atom. The van der Waals surface area contributed by atoms with Gasteiger partial charge in [0.25, 0.3) is 0 Å². The highest BCUT2D eigenvalue weighted by Gasteiger charge is 2.16. The second-order valence-electron chi connectivity index (χ2n) is 6.13. The summed E-state index contributed by atoms with van der Waals surface area (Å²) in [7, 11) is 5.07. The van der Waals surface area contributed by atoms with Gasteiger partial charge in [0.05, 0.1) is 21.3 Å². The third-order valence-electron chi connectivity index (χ3n) is 4.58. The van der Waals surface area contributed by atoms with Gasteiger partial charge in [-0.1, -0.05) is 24.3 Å². The van der Waals surface area contributed by atoms with E-state index < -0.39 is 0 Å². The van der Waals surface area contributed by atoms with Gasteiger partial charge in [0.2, 0.25) is 0 Å². The van der Waals surface area contributed by atoms with Crippen molar-refractivity contribution in [1.29, 1.82) is 0 Å². The summed E-state index contributed by atoms with van der Waals surface area (Å²) in [6, 6.07) is 14.3. The van der Waals surface area contributed by atoms with E-state index in [9.17, 15) is 0 Å². The molecule has 3 rings (SSSR count). The fourth-order valence-corrected chi connectivity index (χ4v) is 3.18. The highest BCUT2D eigenvalue weighted by atomic mass is 16.5. The van der Waals surface area contributed by atoms with E-state index in [1.807, 2.05) is 24.3 Å². The fourth-order valence-electron chi connectivity index (χ4n) is 3.18. The van der Waals surface area contributed by atoms with Gasteiger partial charge in [-0.05, 0) is 35.8 Å². The SMILES string of the molecule is COc1ccc(C2=CCCN(Cc3ccc(OC)cc3OC)C2)cc1. The fraction of sp³-hybridized carbons (Fsp3) is 0.333. The number of nitrogens with zero attached hydrogens (tertiary/aromatic N) is 1. The normalized spacial score (nSPS) is 14.8. The molecule has 2 aromatic carbocycles. The Hall–Kier alpha value is -2.46. The zero-order valence-corrected chi connectivity index (χ0v) is 15.1. The topological polar surface area (TPSA) is 30.9 Å². The minimum atomic E-state index is 0.818. The smallest absolute Gasteiger partial charge is 0.127 e. The molecule has 4 nitrogen and oxygen atoms in total. The van der Waals surface area contributed by atoms with E-state index in [-0.39, 0.29) is 0 Å². The molecule has 0 aromatic heterocycles. The maximum Gasteiger partial charge on any atom is 0.127 e. The lowest BCUT2D eigenvalue weighted by Gasteiger charge is -2.28. The van der Waals surface area contributed by atoms with E-state index in [0.717, 1.165) is 43.3 Å². The van der Waals surface area contributed by atoms with E-state index in [2.05, 4.69) is 29.2 Å². The molecule has 1 aliphatic rings. The Bertz CT molecular complexity index is 737. The Morgan fingerprint density at radius 3 is 2.28 bits per heavy atom. The van der Waals surface area contributed by atoms with Crippen molar-refractivity contribution in [3.63, 3.8) is 0 Å². The van der Waals surface area contributed by atoms with E-state index in [1.54, 1.807) is 21.3 Å². The Labute approximate surface area is 149 Å². The molecular weight excluding hydrogens is 314 g/mol. The van der Waals surface area contributed by atoms with Gasteiger partial charge in [-0.25, -0.2) is 0 Å². The zero-order chi connectivity index (χ0) is 17.6. The Morgan fingerprint density at radius 2 is 1.60 bits per heavy atom. The second-order valence-corrected chi connectivity index (χ2v) is 6.13. The number of hydrogen-bond donors (Lipinski definition) is 0. The molecule has 25 heavy (non-hydrogen) atoms. The third-order valence-corrected chi connectivity index (χ3v) is 4.58. The maximum atomic E-state index is 5.53. The lowest BCUT2D eigenvalue weighted by atomic mass is 10.0. The zero-order valence-electron chi connectivity index (χ0n) is 15.1. The van der Waals surface area contributed by atoms with Crippen molar-refractivity contribution in [2.75, 3.05) is 34.4 Å². The molecule has 0 aliphatic carbocycles. The molecule has 0 fully saturated rings. The molecule has 0 amide bonds. The van der Waals surface area contributed by atoms with Crippen LogP contribution in [0, 0.1) is 0 Å². The molecule has 0 atom stereocenters. The standard InChI is InChI=1S/C21H25NO3/c1-23-19-9-6-16(7-10-19)17-5-4-12-22(14-17)15-18-8-11-20(24-2)13-21(18)25-3/h5-11,13H,4,12,14-15H2,1-3H3. The van der Waals surface area contributed by atoms with Crippen LogP contribution in [0.25, 0.3) is 5.57 Å². The van der Waals surface area contributed by atoms with Crippen molar-refractivity contribution in [3.8, 4) is 17.2 Å². The molecule has 4 heteroatoms. The van der Waals surface area contributed by atoms with Crippen molar-refractivity contribution in [2.45, 2.75) is 13.0 Å². The van der Waals surface area contributed by atoms with Crippen molar-refractivity contribution < 1.29 is 14.2 Å². The van der Waals surface area contributed by atoms with Crippen LogP contribution < -0.4 is 14.2 Å². The second kappa shape index (κ2) is 8.08. The summed E-state index contributed by atoms with van der Waals surface area (Å²) >= 11 is 0. The van der Waals surface area contributed by atoms with Crippen LogP contribution in [-0.4, -0.2) is 39.3 Å². The van der Waals surface area contributed by atoms with Crippen molar-refractivity contribution in [3.05, 3.63) is 59.7 Å². The van der Waals surface area contributed by atoms with Gasteiger partial charge in [0, 0.05) is 31.3 Å². The van der Waals surface area contributed by atoms with E-state index in [4.69, 9.17) is 14.2 Å². The quantitative estimate of drug-likeness (QED) is 0.796. The molecule has 0 N–H and O–H groups in total. The molecule has 0 bridgehead atoms. The molecule has 1 aliphatic heterocycles. The highest BCUT2D eigenvalue weighted by Crippen LogP contribution is 2.28. The van der Waals surface area contributed by atoms with Crippen LogP contribution in [0.3, 0.4) is 0 Å². The molecule has 0 spiro atoms. The van der Waals surface area contributed by atoms with Crippen molar-refractivity contribution in [2.24, 2.45) is 0 Å². The van der Waals surface area contributed by atoms with Gasteiger partial charge in [-0.3, -0.25) is 4.90 Å². The van der Waals surface area contributed by atoms with Crippen LogP contribution in [-0.2, 0) is 6.54 Å². The summed E-state index contributed by atoms with van der Waals surface area (Å²) in [5, 5.41) is 0. The Kier molecular flexibility index (Phi) is 5.61. The van der Waals surface area contributed by atoms with Crippen molar-refractivity contribution in [1.82, 2.24) is 4.90 Å². The number of hydrogen-bond acceptors (Lipinski definition) is 4.